The summed E-state index contributed by atoms with van der Waals surface area (Å²) in [7, 11) is 1.48. The SMILES string of the molecule is COCCNc1ccc(C(=O)NCC(NCc2ccccc2)C(F)(F)F)cc1[N+](=O)[O-]. The van der Waals surface area contributed by atoms with Crippen molar-refractivity contribution in [3.05, 3.63) is 69.8 Å². The second-order valence-corrected chi connectivity index (χ2v) is 6.58. The Morgan fingerprint density at radius 2 is 1.90 bits per heavy atom. The molecule has 2 aromatic carbocycles. The third-order valence-electron chi connectivity index (χ3n) is 4.34. The zero-order chi connectivity index (χ0) is 22.9. The average Bonchev–Trinajstić information content (AvgIpc) is 2.73. The van der Waals surface area contributed by atoms with Gasteiger partial charge in [0.25, 0.3) is 11.6 Å². The number of hydrogen-bond donors (Lipinski definition) is 3. The van der Waals surface area contributed by atoms with Gasteiger partial charge >= 0.3 is 6.18 Å². The lowest BCUT2D eigenvalue weighted by molar-refractivity contribution is -0.384. The highest BCUT2D eigenvalue weighted by molar-refractivity contribution is 5.95. The van der Waals surface area contributed by atoms with Crippen LogP contribution in [-0.4, -0.2) is 49.9 Å². The number of ether oxygens (including phenoxy) is 1. The number of nitrogens with one attached hydrogen (secondary N) is 3. The topological polar surface area (TPSA) is 106 Å². The molecule has 0 bridgehead atoms. The van der Waals surface area contributed by atoms with Crippen molar-refractivity contribution in [3.63, 3.8) is 0 Å². The number of carbonyl (C=O) groups excluding carboxylic acids is 1. The Kier molecular flexibility index (Phi) is 8.76. The fourth-order valence-electron chi connectivity index (χ4n) is 2.70. The maximum atomic E-state index is 13.3. The fourth-order valence-corrected chi connectivity index (χ4v) is 2.70. The van der Waals surface area contributed by atoms with Crippen LogP contribution in [0.3, 0.4) is 0 Å². The molecule has 0 saturated carbocycles. The van der Waals surface area contributed by atoms with Crippen molar-refractivity contribution >= 4 is 17.3 Å². The summed E-state index contributed by atoms with van der Waals surface area (Å²) in [6, 6.07) is 10.2. The first kappa shape index (κ1) is 24.1. The van der Waals surface area contributed by atoms with Gasteiger partial charge in [-0.1, -0.05) is 30.3 Å². The Hall–Kier alpha value is -3.18. The van der Waals surface area contributed by atoms with Gasteiger partial charge in [0.2, 0.25) is 0 Å². The van der Waals surface area contributed by atoms with Crippen molar-refractivity contribution < 1.29 is 27.6 Å². The number of hydrogen-bond acceptors (Lipinski definition) is 6. The van der Waals surface area contributed by atoms with Crippen LogP contribution in [0.4, 0.5) is 24.5 Å². The lowest BCUT2D eigenvalue weighted by Crippen LogP contribution is -2.49. The Labute approximate surface area is 176 Å². The second-order valence-electron chi connectivity index (χ2n) is 6.58. The lowest BCUT2D eigenvalue weighted by atomic mass is 10.1. The standard InChI is InChI=1S/C20H23F3N4O4/c1-31-10-9-24-16-8-7-15(11-17(16)27(29)30)19(28)26-13-18(20(21,22)23)25-12-14-5-3-2-4-6-14/h2-8,11,18,24-25H,9-10,12-13H2,1H3,(H,26,28). The molecule has 2 aromatic rings. The molecule has 1 unspecified atom stereocenters. The summed E-state index contributed by atoms with van der Waals surface area (Å²) in [5, 5.41) is 18.7. The molecule has 0 aliphatic heterocycles. The highest BCUT2D eigenvalue weighted by Gasteiger charge is 2.39. The van der Waals surface area contributed by atoms with Crippen molar-refractivity contribution in [2.24, 2.45) is 0 Å². The highest BCUT2D eigenvalue weighted by atomic mass is 19.4. The summed E-state index contributed by atoms with van der Waals surface area (Å²) in [4.78, 5) is 22.9. The van der Waals surface area contributed by atoms with E-state index in [9.17, 15) is 28.1 Å². The minimum atomic E-state index is -4.59. The van der Waals surface area contributed by atoms with Gasteiger partial charge in [-0.15, -0.1) is 0 Å². The molecule has 0 spiro atoms. The zero-order valence-electron chi connectivity index (χ0n) is 16.7. The van der Waals surface area contributed by atoms with Crippen molar-refractivity contribution in [2.75, 3.05) is 32.1 Å². The van der Waals surface area contributed by atoms with E-state index in [4.69, 9.17) is 4.74 Å². The van der Waals surface area contributed by atoms with Gasteiger partial charge in [0.15, 0.2) is 0 Å². The molecule has 1 atom stereocenters. The van der Waals surface area contributed by atoms with E-state index in [0.717, 1.165) is 6.07 Å². The number of benzene rings is 2. The van der Waals surface area contributed by atoms with Gasteiger partial charge < -0.3 is 20.7 Å². The second kappa shape index (κ2) is 11.3. The zero-order valence-corrected chi connectivity index (χ0v) is 16.7. The molecule has 2 rings (SSSR count). The van der Waals surface area contributed by atoms with Crippen molar-refractivity contribution in [3.8, 4) is 0 Å². The summed E-state index contributed by atoms with van der Waals surface area (Å²) >= 11 is 0. The first-order chi connectivity index (χ1) is 14.7. The Bertz CT molecular complexity index is 878. The van der Waals surface area contributed by atoms with Crippen LogP contribution in [0, 0.1) is 10.1 Å². The molecule has 11 heteroatoms. The molecule has 31 heavy (non-hydrogen) atoms. The lowest BCUT2D eigenvalue weighted by Gasteiger charge is -2.22. The predicted octanol–water partition coefficient (Wildman–Crippen LogP) is 3.10. The number of nitrogens with zero attached hydrogens (tertiary/aromatic N) is 1. The van der Waals surface area contributed by atoms with Gasteiger partial charge in [0.05, 0.1) is 11.5 Å². The summed E-state index contributed by atoms with van der Waals surface area (Å²) in [5.74, 6) is -0.845. The van der Waals surface area contributed by atoms with E-state index >= 15 is 0 Å². The Balaban J connectivity index is 2.04. The van der Waals surface area contributed by atoms with Gasteiger partial charge in [-0.05, 0) is 17.7 Å². The van der Waals surface area contributed by atoms with E-state index in [1.807, 2.05) is 0 Å². The molecule has 0 aliphatic rings. The number of halogens is 3. The Morgan fingerprint density at radius 1 is 1.19 bits per heavy atom. The number of alkyl halides is 3. The summed E-state index contributed by atoms with van der Waals surface area (Å²) < 4.78 is 44.8. The third kappa shape index (κ3) is 7.54. The van der Waals surface area contributed by atoms with Crippen LogP contribution in [0.25, 0.3) is 0 Å². The molecular formula is C20H23F3N4O4. The third-order valence-corrected chi connectivity index (χ3v) is 4.34. The van der Waals surface area contributed by atoms with Gasteiger partial charge in [0, 0.05) is 38.4 Å². The molecule has 0 aliphatic carbocycles. The van der Waals surface area contributed by atoms with E-state index in [2.05, 4.69) is 16.0 Å². The van der Waals surface area contributed by atoms with Gasteiger partial charge in [-0.2, -0.15) is 13.2 Å². The molecule has 3 N–H and O–H groups in total. The van der Waals surface area contributed by atoms with Crippen molar-refractivity contribution in [1.82, 2.24) is 10.6 Å². The molecule has 0 radical (unpaired) electrons. The quantitative estimate of drug-likeness (QED) is 0.282. The highest BCUT2D eigenvalue weighted by Crippen LogP contribution is 2.26. The van der Waals surface area contributed by atoms with Crippen LogP contribution in [0.1, 0.15) is 15.9 Å². The van der Waals surface area contributed by atoms with Gasteiger partial charge in [-0.25, -0.2) is 0 Å². The number of anilines is 1. The van der Waals surface area contributed by atoms with E-state index in [-0.39, 0.29) is 23.5 Å². The molecule has 1 amide bonds. The van der Waals surface area contributed by atoms with Crippen LogP contribution in [0.15, 0.2) is 48.5 Å². The van der Waals surface area contributed by atoms with E-state index in [1.165, 1.54) is 19.2 Å². The molecular weight excluding hydrogens is 417 g/mol. The van der Waals surface area contributed by atoms with Crippen molar-refractivity contribution in [2.45, 2.75) is 18.8 Å². The molecule has 0 aromatic heterocycles. The minimum Gasteiger partial charge on any atom is -0.383 e. The predicted molar refractivity (Wildman–Crippen MR) is 109 cm³/mol. The van der Waals surface area contributed by atoms with E-state index < -0.39 is 29.6 Å². The van der Waals surface area contributed by atoms with E-state index in [0.29, 0.717) is 18.7 Å². The van der Waals surface area contributed by atoms with Crippen LogP contribution in [-0.2, 0) is 11.3 Å². The maximum Gasteiger partial charge on any atom is 0.405 e. The van der Waals surface area contributed by atoms with E-state index in [1.54, 1.807) is 30.3 Å². The monoisotopic (exact) mass is 440 g/mol. The van der Waals surface area contributed by atoms with Crippen LogP contribution in [0.5, 0.6) is 0 Å². The fraction of sp³-hybridized carbons (Fsp3) is 0.350. The number of amides is 1. The van der Waals surface area contributed by atoms with Gasteiger partial charge in [0.1, 0.15) is 11.7 Å². The van der Waals surface area contributed by atoms with Gasteiger partial charge in [-0.3, -0.25) is 14.9 Å². The molecule has 0 saturated heterocycles. The number of rotatable bonds is 11. The van der Waals surface area contributed by atoms with Crippen LogP contribution < -0.4 is 16.0 Å². The first-order valence-electron chi connectivity index (χ1n) is 9.36. The minimum absolute atomic E-state index is 0.0335. The summed E-state index contributed by atoms with van der Waals surface area (Å²) in [5.41, 5.74) is 0.359. The number of nitro groups is 1. The molecule has 168 valence electrons. The van der Waals surface area contributed by atoms with Crippen LogP contribution in [0.2, 0.25) is 0 Å². The number of nitro benzene ring substituents is 1. The number of carbonyl (C=O) groups is 1. The summed E-state index contributed by atoms with van der Waals surface area (Å²) in [6.45, 7) is -0.136. The normalized spacial score (nSPS) is 12.3. The number of methoxy groups -OCH3 is 1. The van der Waals surface area contributed by atoms with Crippen molar-refractivity contribution in [1.29, 1.82) is 0 Å². The largest absolute Gasteiger partial charge is 0.405 e. The molecule has 0 heterocycles. The molecule has 0 fully saturated rings. The smallest absolute Gasteiger partial charge is 0.383 e. The maximum absolute atomic E-state index is 13.3. The first-order valence-corrected chi connectivity index (χ1v) is 9.36. The average molecular weight is 440 g/mol. The molecule has 8 nitrogen and oxygen atoms in total. The summed E-state index contributed by atoms with van der Waals surface area (Å²) in [6.07, 6.45) is -4.59. The van der Waals surface area contributed by atoms with Crippen LogP contribution >= 0.6 is 0 Å². The Morgan fingerprint density at radius 3 is 2.52 bits per heavy atom.